The molecule has 1 fully saturated rings. The molecule has 0 unspecified atom stereocenters. The van der Waals surface area contributed by atoms with Crippen LogP contribution in [0, 0.1) is 5.82 Å². The Morgan fingerprint density at radius 2 is 1.78 bits per heavy atom. The molecule has 0 saturated heterocycles. The predicted octanol–water partition coefficient (Wildman–Crippen LogP) is 3.17. The van der Waals surface area contributed by atoms with Crippen molar-refractivity contribution < 1.29 is 14.2 Å². The summed E-state index contributed by atoms with van der Waals surface area (Å²) in [5.41, 5.74) is 7.36. The van der Waals surface area contributed by atoms with Gasteiger partial charge >= 0.3 is 5.69 Å². The van der Waals surface area contributed by atoms with Gasteiger partial charge < -0.3 is 15.6 Å². The van der Waals surface area contributed by atoms with Crippen molar-refractivity contribution in [3.63, 3.8) is 0 Å². The van der Waals surface area contributed by atoms with E-state index in [1.165, 1.54) is 9.13 Å². The molecular formula is C27H27FN4O4. The van der Waals surface area contributed by atoms with Crippen LogP contribution in [0.25, 0.3) is 27.8 Å². The molecule has 1 aliphatic carbocycles. The second-order valence-corrected chi connectivity index (χ2v) is 9.03. The summed E-state index contributed by atoms with van der Waals surface area (Å²) in [7, 11) is 0. The summed E-state index contributed by atoms with van der Waals surface area (Å²) >= 11 is 0. The van der Waals surface area contributed by atoms with Gasteiger partial charge in [0, 0.05) is 12.1 Å². The van der Waals surface area contributed by atoms with E-state index < -0.39 is 17.1 Å². The van der Waals surface area contributed by atoms with Crippen LogP contribution in [0.3, 0.4) is 0 Å². The average molecular weight is 491 g/mol. The molecule has 9 heteroatoms. The Morgan fingerprint density at radius 1 is 1.03 bits per heavy atom. The lowest BCUT2D eigenvalue weighted by molar-refractivity contribution is 0.201. The third-order valence-electron chi connectivity index (χ3n) is 6.65. The van der Waals surface area contributed by atoms with Crippen LogP contribution in [0.15, 0.2) is 70.4 Å². The molecule has 0 radical (unpaired) electrons. The SMILES string of the molecule is N[C@H]1CC[C@@H](n2c(=O)c3cc(F)cnc3n(-c3cccc(-c4ccc(OCCO)cc4)c3)c2=O)CC1. The maximum Gasteiger partial charge on any atom is 0.337 e. The third kappa shape index (κ3) is 4.55. The fourth-order valence-corrected chi connectivity index (χ4v) is 4.83. The van der Waals surface area contributed by atoms with Crippen LogP contribution in [-0.2, 0) is 0 Å². The van der Waals surface area contributed by atoms with Crippen LogP contribution in [0.1, 0.15) is 31.7 Å². The summed E-state index contributed by atoms with van der Waals surface area (Å²) < 4.78 is 22.2. The van der Waals surface area contributed by atoms with Gasteiger partial charge in [-0.25, -0.2) is 18.7 Å². The van der Waals surface area contributed by atoms with Gasteiger partial charge in [-0.2, -0.15) is 0 Å². The van der Waals surface area contributed by atoms with E-state index in [4.69, 9.17) is 15.6 Å². The number of nitrogens with zero attached hydrogens (tertiary/aromatic N) is 3. The fraction of sp³-hybridized carbons (Fsp3) is 0.296. The van der Waals surface area contributed by atoms with E-state index in [-0.39, 0.29) is 36.3 Å². The molecule has 2 aromatic carbocycles. The van der Waals surface area contributed by atoms with E-state index >= 15 is 0 Å². The first-order valence-electron chi connectivity index (χ1n) is 12.0. The van der Waals surface area contributed by atoms with Gasteiger partial charge in [0.15, 0.2) is 5.65 Å². The highest BCUT2D eigenvalue weighted by Gasteiger charge is 2.26. The zero-order valence-corrected chi connectivity index (χ0v) is 19.6. The first kappa shape index (κ1) is 23.9. The maximum absolute atomic E-state index is 14.1. The Morgan fingerprint density at radius 3 is 2.50 bits per heavy atom. The summed E-state index contributed by atoms with van der Waals surface area (Å²) in [5, 5.41) is 8.99. The number of aliphatic hydroxyl groups excluding tert-OH is 1. The highest BCUT2D eigenvalue weighted by atomic mass is 19.1. The molecule has 2 aromatic heterocycles. The summed E-state index contributed by atoms with van der Waals surface area (Å²) in [6.07, 6.45) is 3.65. The normalized spacial score (nSPS) is 17.9. The number of fused-ring (bicyclic) bond motifs is 1. The molecule has 5 rings (SSSR count). The minimum atomic E-state index is -0.640. The lowest BCUT2D eigenvalue weighted by Gasteiger charge is -2.28. The Labute approximate surface area is 206 Å². The molecule has 0 bridgehead atoms. The zero-order valence-electron chi connectivity index (χ0n) is 19.6. The second kappa shape index (κ2) is 10.0. The first-order valence-corrected chi connectivity index (χ1v) is 12.0. The van der Waals surface area contributed by atoms with Crippen LogP contribution in [0.2, 0.25) is 0 Å². The van der Waals surface area contributed by atoms with Crippen molar-refractivity contribution in [3.05, 3.63) is 87.4 Å². The van der Waals surface area contributed by atoms with Gasteiger partial charge in [-0.15, -0.1) is 0 Å². The predicted molar refractivity (Wildman–Crippen MR) is 135 cm³/mol. The van der Waals surface area contributed by atoms with Crippen molar-refractivity contribution in [1.82, 2.24) is 14.1 Å². The molecular weight excluding hydrogens is 463 g/mol. The largest absolute Gasteiger partial charge is 0.491 e. The molecule has 3 N–H and O–H groups in total. The van der Waals surface area contributed by atoms with E-state index in [0.717, 1.165) is 23.4 Å². The Hall–Kier alpha value is -3.82. The van der Waals surface area contributed by atoms with Gasteiger partial charge in [0.25, 0.3) is 5.56 Å². The number of hydrogen-bond acceptors (Lipinski definition) is 6. The Balaban J connectivity index is 1.64. The smallest absolute Gasteiger partial charge is 0.337 e. The average Bonchev–Trinajstić information content (AvgIpc) is 2.89. The molecule has 2 heterocycles. The van der Waals surface area contributed by atoms with E-state index in [1.807, 2.05) is 30.3 Å². The van der Waals surface area contributed by atoms with Gasteiger partial charge in [-0.3, -0.25) is 9.36 Å². The number of hydrogen-bond donors (Lipinski definition) is 2. The molecule has 0 amide bonds. The number of halogens is 1. The van der Waals surface area contributed by atoms with Gasteiger partial charge in [0.1, 0.15) is 18.2 Å². The van der Waals surface area contributed by atoms with Crippen LogP contribution >= 0.6 is 0 Å². The van der Waals surface area contributed by atoms with Crippen LogP contribution in [0.5, 0.6) is 5.75 Å². The number of pyridine rings is 1. The lowest BCUT2D eigenvalue weighted by Crippen LogP contribution is -2.44. The number of ether oxygens (including phenoxy) is 1. The minimum Gasteiger partial charge on any atom is -0.491 e. The highest BCUT2D eigenvalue weighted by Crippen LogP contribution is 2.28. The van der Waals surface area contributed by atoms with Gasteiger partial charge in [0.05, 0.1) is 23.9 Å². The Kier molecular flexibility index (Phi) is 6.67. The van der Waals surface area contributed by atoms with Crippen molar-refractivity contribution in [2.75, 3.05) is 13.2 Å². The molecule has 1 aliphatic rings. The van der Waals surface area contributed by atoms with E-state index in [9.17, 15) is 14.0 Å². The molecule has 186 valence electrons. The lowest BCUT2D eigenvalue weighted by atomic mass is 9.91. The van der Waals surface area contributed by atoms with Crippen molar-refractivity contribution in [3.8, 4) is 22.6 Å². The topological polar surface area (TPSA) is 112 Å². The first-order chi connectivity index (χ1) is 17.5. The van der Waals surface area contributed by atoms with Crippen molar-refractivity contribution >= 4 is 11.0 Å². The summed E-state index contributed by atoms with van der Waals surface area (Å²) in [6.45, 7) is 0.140. The second-order valence-electron chi connectivity index (χ2n) is 9.03. The summed E-state index contributed by atoms with van der Waals surface area (Å²) in [4.78, 5) is 31.3. The quantitative estimate of drug-likeness (QED) is 0.429. The number of benzene rings is 2. The van der Waals surface area contributed by atoms with Crippen molar-refractivity contribution in [2.24, 2.45) is 5.73 Å². The van der Waals surface area contributed by atoms with Crippen LogP contribution in [0.4, 0.5) is 4.39 Å². The molecule has 0 atom stereocenters. The third-order valence-corrected chi connectivity index (χ3v) is 6.65. The number of rotatable bonds is 6. The van der Waals surface area contributed by atoms with Gasteiger partial charge in [-0.1, -0.05) is 24.3 Å². The standard InChI is InChI=1S/C27H27FN4O4/c28-19-15-24-25(30-16-19)31(27(35)32(26(24)34)21-8-6-20(29)7-9-21)22-3-1-2-18(14-22)17-4-10-23(11-5-17)36-13-12-33/h1-5,10-11,14-16,20-21,33H,6-9,12-13,29H2/t20-,21+. The number of aromatic nitrogens is 3. The highest BCUT2D eigenvalue weighted by molar-refractivity contribution is 5.76. The summed E-state index contributed by atoms with van der Waals surface area (Å²) in [6, 6.07) is 15.6. The van der Waals surface area contributed by atoms with Crippen LogP contribution < -0.4 is 21.7 Å². The maximum atomic E-state index is 14.1. The van der Waals surface area contributed by atoms with Crippen molar-refractivity contribution in [1.29, 1.82) is 0 Å². The molecule has 36 heavy (non-hydrogen) atoms. The molecule has 0 aliphatic heterocycles. The van der Waals surface area contributed by atoms with Crippen LogP contribution in [-0.4, -0.2) is 38.5 Å². The van der Waals surface area contributed by atoms with E-state index in [1.54, 1.807) is 18.2 Å². The zero-order chi connectivity index (χ0) is 25.2. The number of nitrogens with two attached hydrogens (primary N) is 1. The van der Waals surface area contributed by atoms with Gasteiger partial charge in [0.2, 0.25) is 0 Å². The molecule has 8 nitrogen and oxygen atoms in total. The minimum absolute atomic E-state index is 0.0517. The fourth-order valence-electron chi connectivity index (χ4n) is 4.83. The summed E-state index contributed by atoms with van der Waals surface area (Å²) in [5.74, 6) is -0.00376. The Bertz CT molecular complexity index is 1510. The molecule has 4 aromatic rings. The van der Waals surface area contributed by atoms with E-state index in [2.05, 4.69) is 4.98 Å². The van der Waals surface area contributed by atoms with Gasteiger partial charge in [-0.05, 0) is 67.1 Å². The van der Waals surface area contributed by atoms with E-state index in [0.29, 0.717) is 37.1 Å². The van der Waals surface area contributed by atoms with Crippen molar-refractivity contribution in [2.45, 2.75) is 37.8 Å². The molecule has 1 saturated carbocycles. The number of aliphatic hydroxyl groups is 1. The monoisotopic (exact) mass is 490 g/mol. The molecule has 0 spiro atoms.